The second-order valence-electron chi connectivity index (χ2n) is 10.2. The number of benzene rings is 5. The Morgan fingerprint density at radius 1 is 0.575 bits per heavy atom. The number of aromatic nitrogens is 1. The van der Waals surface area contributed by atoms with Crippen LogP contribution in [0.2, 0.25) is 0 Å². The Bertz CT molecular complexity index is 2070. The lowest BCUT2D eigenvalue weighted by Gasteiger charge is -2.34. The maximum absolute atomic E-state index is 10.6. The first-order valence-corrected chi connectivity index (χ1v) is 13.4. The first-order valence-electron chi connectivity index (χ1n) is 13.4. The van der Waals surface area contributed by atoms with Crippen LogP contribution in [0.5, 0.6) is 0 Å². The first-order chi connectivity index (χ1) is 19.8. The molecule has 0 saturated carbocycles. The summed E-state index contributed by atoms with van der Waals surface area (Å²) in [7, 11) is 0. The van der Waals surface area contributed by atoms with Crippen LogP contribution < -0.4 is 0 Å². The Morgan fingerprint density at radius 2 is 1.23 bits per heavy atom. The van der Waals surface area contributed by atoms with Crippen molar-refractivity contribution in [3.63, 3.8) is 0 Å². The molecular weight excluding hydrogens is 488 g/mol. The third kappa shape index (κ3) is 2.91. The van der Waals surface area contributed by atoms with Crippen molar-refractivity contribution < 1.29 is 4.42 Å². The van der Waals surface area contributed by atoms with Crippen LogP contribution in [0, 0.1) is 11.3 Å². The molecule has 1 aliphatic rings. The van der Waals surface area contributed by atoms with Gasteiger partial charge in [-0.1, -0.05) is 97.1 Å². The summed E-state index contributed by atoms with van der Waals surface area (Å²) in [5, 5.41) is 12.6. The van der Waals surface area contributed by atoms with Crippen LogP contribution in [0.25, 0.3) is 44.3 Å². The zero-order valence-corrected chi connectivity index (χ0v) is 21.5. The molecule has 186 valence electrons. The van der Waals surface area contributed by atoms with E-state index in [9.17, 15) is 5.26 Å². The largest absolute Gasteiger partial charge is 0.455 e. The fourth-order valence-electron chi connectivity index (χ4n) is 6.70. The maximum atomic E-state index is 10.6. The topological polar surface area (TPSA) is 49.8 Å². The van der Waals surface area contributed by atoms with E-state index in [2.05, 4.69) is 89.9 Å². The molecule has 0 amide bonds. The maximum Gasteiger partial charge on any atom is 0.144 e. The van der Waals surface area contributed by atoms with E-state index in [1.807, 2.05) is 48.5 Å². The molecule has 0 spiro atoms. The second kappa shape index (κ2) is 8.53. The molecule has 0 unspecified atom stereocenters. The molecule has 5 aromatic carbocycles. The van der Waals surface area contributed by atoms with Gasteiger partial charge in [0.15, 0.2) is 0 Å². The number of nitrogens with zero attached hydrogens (tertiary/aromatic N) is 2. The highest BCUT2D eigenvalue weighted by atomic mass is 16.3. The third-order valence-corrected chi connectivity index (χ3v) is 8.26. The van der Waals surface area contributed by atoms with Crippen molar-refractivity contribution in [2.75, 3.05) is 0 Å². The van der Waals surface area contributed by atoms with Crippen molar-refractivity contribution >= 4 is 21.9 Å². The average Bonchev–Trinajstić information content (AvgIpc) is 3.56. The highest BCUT2D eigenvalue weighted by Crippen LogP contribution is 2.58. The van der Waals surface area contributed by atoms with Gasteiger partial charge in [0.1, 0.15) is 11.2 Å². The molecule has 8 rings (SSSR count). The minimum atomic E-state index is -0.738. The standard InChI is InChI=1S/C37H22N2O/c38-23-24-20-21-29-28-15-10-16-30(33-19-8-9-22-39-33)35(28)40-36(29)34(24)37(25-11-2-1-3-12-25)31-17-6-4-13-26(31)27-14-5-7-18-32(27)37/h1-22H. The summed E-state index contributed by atoms with van der Waals surface area (Å²) in [6.07, 6.45) is 1.80. The van der Waals surface area contributed by atoms with E-state index < -0.39 is 5.41 Å². The van der Waals surface area contributed by atoms with E-state index in [1.165, 1.54) is 11.1 Å². The summed E-state index contributed by atoms with van der Waals surface area (Å²) in [5.41, 5.74) is 9.77. The molecule has 1 aliphatic carbocycles. The van der Waals surface area contributed by atoms with Gasteiger partial charge in [-0.3, -0.25) is 4.98 Å². The number of furan rings is 1. The number of para-hydroxylation sites is 1. The van der Waals surface area contributed by atoms with Crippen LogP contribution in [0.1, 0.15) is 27.8 Å². The highest BCUT2D eigenvalue weighted by molar-refractivity contribution is 6.11. The Hall–Kier alpha value is -5.46. The summed E-state index contributed by atoms with van der Waals surface area (Å²) in [6.45, 7) is 0. The molecule has 0 saturated heterocycles. The van der Waals surface area contributed by atoms with E-state index in [0.717, 1.165) is 55.4 Å². The van der Waals surface area contributed by atoms with Crippen LogP contribution in [-0.4, -0.2) is 4.98 Å². The van der Waals surface area contributed by atoms with Crippen LogP contribution in [0.3, 0.4) is 0 Å². The Balaban J connectivity index is 1.59. The van der Waals surface area contributed by atoms with Crippen molar-refractivity contribution in [1.29, 1.82) is 5.26 Å². The minimum Gasteiger partial charge on any atom is -0.455 e. The fourth-order valence-corrected chi connectivity index (χ4v) is 6.70. The highest BCUT2D eigenvalue weighted by Gasteiger charge is 2.48. The van der Waals surface area contributed by atoms with Crippen LogP contribution >= 0.6 is 0 Å². The molecule has 7 aromatic rings. The lowest BCUT2D eigenvalue weighted by Crippen LogP contribution is -2.30. The van der Waals surface area contributed by atoms with Crippen LogP contribution in [0.4, 0.5) is 0 Å². The molecule has 0 bridgehead atoms. The molecule has 0 radical (unpaired) electrons. The van der Waals surface area contributed by atoms with Crippen molar-refractivity contribution in [3.05, 3.63) is 161 Å². The average molecular weight is 511 g/mol. The lowest BCUT2D eigenvalue weighted by molar-refractivity contribution is 0.648. The molecule has 40 heavy (non-hydrogen) atoms. The van der Waals surface area contributed by atoms with Crippen molar-refractivity contribution in [2.45, 2.75) is 5.41 Å². The van der Waals surface area contributed by atoms with Crippen molar-refractivity contribution in [3.8, 4) is 28.5 Å². The third-order valence-electron chi connectivity index (χ3n) is 8.26. The van der Waals surface area contributed by atoms with Crippen LogP contribution in [-0.2, 0) is 5.41 Å². The number of nitriles is 1. The fraction of sp³-hybridized carbons (Fsp3) is 0.0270. The van der Waals surface area contributed by atoms with E-state index in [1.54, 1.807) is 6.20 Å². The molecule has 0 atom stereocenters. The minimum absolute atomic E-state index is 0.598. The molecule has 3 nitrogen and oxygen atoms in total. The van der Waals surface area contributed by atoms with Gasteiger partial charge >= 0.3 is 0 Å². The number of pyridine rings is 1. The number of hydrogen-bond donors (Lipinski definition) is 0. The van der Waals surface area contributed by atoms with Gasteiger partial charge in [-0.15, -0.1) is 0 Å². The van der Waals surface area contributed by atoms with Gasteiger partial charge in [-0.2, -0.15) is 5.26 Å². The first kappa shape index (κ1) is 22.5. The Morgan fingerprint density at radius 3 is 1.93 bits per heavy atom. The molecule has 0 fully saturated rings. The predicted molar refractivity (Wildman–Crippen MR) is 159 cm³/mol. The summed E-state index contributed by atoms with van der Waals surface area (Å²) in [4.78, 5) is 4.61. The summed E-state index contributed by atoms with van der Waals surface area (Å²) in [5.74, 6) is 0. The van der Waals surface area contributed by atoms with Gasteiger partial charge in [0.25, 0.3) is 0 Å². The van der Waals surface area contributed by atoms with Gasteiger partial charge in [0.05, 0.1) is 22.7 Å². The van der Waals surface area contributed by atoms with Gasteiger partial charge in [0.2, 0.25) is 0 Å². The van der Waals surface area contributed by atoms with E-state index in [-0.39, 0.29) is 0 Å². The SMILES string of the molecule is N#Cc1ccc2c(oc3c(-c4ccccn4)cccc32)c1C1(c2ccccc2)c2ccccc2-c2ccccc21. The monoisotopic (exact) mass is 510 g/mol. The molecular formula is C37H22N2O. The lowest BCUT2D eigenvalue weighted by atomic mass is 9.66. The van der Waals surface area contributed by atoms with Crippen molar-refractivity contribution in [2.24, 2.45) is 0 Å². The molecule has 3 heteroatoms. The summed E-state index contributed by atoms with van der Waals surface area (Å²) >= 11 is 0. The summed E-state index contributed by atoms with van der Waals surface area (Å²) < 4.78 is 6.91. The van der Waals surface area contributed by atoms with Gasteiger partial charge < -0.3 is 4.42 Å². The smallest absolute Gasteiger partial charge is 0.144 e. The molecule has 2 aromatic heterocycles. The molecule has 0 aliphatic heterocycles. The number of rotatable bonds is 3. The quantitative estimate of drug-likeness (QED) is 0.238. The molecule has 0 N–H and O–H groups in total. The molecule has 2 heterocycles. The predicted octanol–water partition coefficient (Wildman–Crippen LogP) is 8.88. The van der Waals surface area contributed by atoms with Gasteiger partial charge in [-0.05, 0) is 58.1 Å². The van der Waals surface area contributed by atoms with Gasteiger partial charge in [-0.25, -0.2) is 0 Å². The van der Waals surface area contributed by atoms with E-state index in [0.29, 0.717) is 5.56 Å². The number of fused-ring (bicyclic) bond motifs is 6. The summed E-state index contributed by atoms with van der Waals surface area (Å²) in [6, 6.07) is 46.2. The number of hydrogen-bond acceptors (Lipinski definition) is 3. The van der Waals surface area contributed by atoms with Gasteiger partial charge in [0, 0.05) is 28.1 Å². The van der Waals surface area contributed by atoms with Crippen molar-refractivity contribution in [1.82, 2.24) is 4.98 Å². The van der Waals surface area contributed by atoms with E-state index in [4.69, 9.17) is 4.42 Å². The second-order valence-corrected chi connectivity index (χ2v) is 10.2. The zero-order valence-electron chi connectivity index (χ0n) is 21.5. The normalized spacial score (nSPS) is 13.2. The van der Waals surface area contributed by atoms with Crippen LogP contribution in [0.15, 0.2) is 138 Å². The zero-order chi connectivity index (χ0) is 26.7. The van der Waals surface area contributed by atoms with E-state index >= 15 is 0 Å². The Labute approximate surface area is 231 Å². The Kier molecular flexibility index (Phi) is 4.80.